The van der Waals surface area contributed by atoms with Crippen molar-refractivity contribution >= 4 is 22.4 Å². The van der Waals surface area contributed by atoms with Crippen molar-refractivity contribution in [2.75, 3.05) is 11.9 Å². The average Bonchev–Trinajstić information content (AvgIpc) is 2.69. The van der Waals surface area contributed by atoms with Gasteiger partial charge in [-0.25, -0.2) is 19.9 Å². The maximum atomic E-state index is 5.70. The molecule has 2 aromatic carbocycles. The third-order valence-electron chi connectivity index (χ3n) is 4.20. The number of nitrogens with zero attached hydrogens (tertiary/aromatic N) is 5. The summed E-state index contributed by atoms with van der Waals surface area (Å²) < 4.78 is 5.70. The van der Waals surface area contributed by atoms with E-state index in [2.05, 4.69) is 19.9 Å². The van der Waals surface area contributed by atoms with Gasteiger partial charge in [0.15, 0.2) is 0 Å². The summed E-state index contributed by atoms with van der Waals surface area (Å²) >= 11 is 0. The first-order valence-electron chi connectivity index (χ1n) is 8.64. The quantitative estimate of drug-likeness (QED) is 0.532. The van der Waals surface area contributed by atoms with E-state index in [1.165, 1.54) is 0 Å². The highest BCUT2D eigenvalue weighted by atomic mass is 16.5. The summed E-state index contributed by atoms with van der Waals surface area (Å²) in [7, 11) is 1.99. The zero-order valence-electron chi connectivity index (χ0n) is 15.4. The van der Waals surface area contributed by atoms with Crippen molar-refractivity contribution in [3.8, 4) is 11.8 Å². The van der Waals surface area contributed by atoms with Crippen molar-refractivity contribution < 1.29 is 4.74 Å². The molecule has 0 saturated heterocycles. The largest absolute Gasteiger partial charge is 0.424 e. The fraction of sp³-hybridized carbons (Fsp3) is 0.143. The third kappa shape index (κ3) is 3.55. The Morgan fingerprint density at radius 1 is 0.852 bits per heavy atom. The van der Waals surface area contributed by atoms with Crippen LogP contribution in [-0.4, -0.2) is 27.0 Å². The summed E-state index contributed by atoms with van der Waals surface area (Å²) in [6.07, 6.45) is 3.46. The second kappa shape index (κ2) is 6.99. The van der Waals surface area contributed by atoms with Crippen LogP contribution in [0.4, 0.5) is 11.5 Å². The number of hydrogen-bond donors (Lipinski definition) is 0. The van der Waals surface area contributed by atoms with Gasteiger partial charge in [-0.1, -0.05) is 12.1 Å². The first-order chi connectivity index (χ1) is 13.1. The molecular formula is C21H19N5O. The van der Waals surface area contributed by atoms with E-state index in [1.807, 2.05) is 74.3 Å². The van der Waals surface area contributed by atoms with E-state index < -0.39 is 0 Å². The highest BCUT2D eigenvalue weighted by Gasteiger charge is 2.12. The molecule has 0 bridgehead atoms. The summed E-state index contributed by atoms with van der Waals surface area (Å²) in [5, 5.41) is 1.01. The van der Waals surface area contributed by atoms with Crippen LogP contribution in [-0.2, 0) is 0 Å². The summed E-state index contributed by atoms with van der Waals surface area (Å²) in [4.78, 5) is 19.5. The van der Waals surface area contributed by atoms with Gasteiger partial charge in [-0.15, -0.1) is 0 Å². The lowest BCUT2D eigenvalue weighted by atomic mass is 10.2. The molecule has 0 aliphatic rings. The number of aryl methyl sites for hydroxylation is 2. The van der Waals surface area contributed by atoms with Crippen LogP contribution in [0.25, 0.3) is 10.9 Å². The molecule has 0 spiro atoms. The lowest BCUT2D eigenvalue weighted by Crippen LogP contribution is -2.12. The molecule has 0 radical (unpaired) electrons. The summed E-state index contributed by atoms with van der Waals surface area (Å²) in [5.41, 5.74) is 2.92. The number of benzene rings is 2. The molecule has 0 saturated carbocycles. The fourth-order valence-electron chi connectivity index (χ4n) is 2.83. The van der Waals surface area contributed by atoms with E-state index in [9.17, 15) is 0 Å². The number of aromatic nitrogens is 4. The molecule has 6 nitrogen and oxygen atoms in total. The summed E-state index contributed by atoms with van der Waals surface area (Å²) in [6, 6.07) is 16.1. The van der Waals surface area contributed by atoms with Crippen molar-refractivity contribution in [3.05, 3.63) is 72.3 Å². The van der Waals surface area contributed by atoms with Crippen LogP contribution in [0, 0.1) is 13.8 Å². The van der Waals surface area contributed by atoms with Gasteiger partial charge in [-0.05, 0) is 55.8 Å². The van der Waals surface area contributed by atoms with Gasteiger partial charge in [0, 0.05) is 30.5 Å². The van der Waals surface area contributed by atoms with Crippen LogP contribution < -0.4 is 9.64 Å². The third-order valence-corrected chi connectivity index (χ3v) is 4.20. The van der Waals surface area contributed by atoms with E-state index in [-0.39, 0.29) is 0 Å². The molecule has 0 fully saturated rings. The van der Waals surface area contributed by atoms with Crippen LogP contribution in [0.15, 0.2) is 60.9 Å². The van der Waals surface area contributed by atoms with Gasteiger partial charge in [0.25, 0.3) is 0 Å². The first-order valence-corrected chi connectivity index (χ1v) is 8.64. The van der Waals surface area contributed by atoms with Crippen LogP contribution in [0.3, 0.4) is 0 Å². The summed E-state index contributed by atoms with van der Waals surface area (Å²) in [5.74, 6) is 2.29. The predicted molar refractivity (Wildman–Crippen MR) is 106 cm³/mol. The molecule has 0 amide bonds. The lowest BCUT2D eigenvalue weighted by Gasteiger charge is -2.20. The average molecular weight is 357 g/mol. The van der Waals surface area contributed by atoms with Gasteiger partial charge in [-0.3, -0.25) is 0 Å². The van der Waals surface area contributed by atoms with Crippen molar-refractivity contribution in [2.24, 2.45) is 0 Å². The van der Waals surface area contributed by atoms with E-state index in [1.54, 1.807) is 12.4 Å². The van der Waals surface area contributed by atoms with Crippen LogP contribution in [0.1, 0.15) is 11.4 Å². The molecule has 0 aliphatic heterocycles. The van der Waals surface area contributed by atoms with Crippen LogP contribution in [0.5, 0.6) is 11.8 Å². The van der Waals surface area contributed by atoms with Crippen LogP contribution >= 0.6 is 0 Å². The summed E-state index contributed by atoms with van der Waals surface area (Å²) in [6.45, 7) is 3.84. The van der Waals surface area contributed by atoms with E-state index in [0.717, 1.165) is 33.8 Å². The fourth-order valence-corrected chi connectivity index (χ4v) is 2.83. The Kier molecular flexibility index (Phi) is 4.38. The van der Waals surface area contributed by atoms with Crippen molar-refractivity contribution in [2.45, 2.75) is 13.8 Å². The van der Waals surface area contributed by atoms with Crippen molar-refractivity contribution in [3.63, 3.8) is 0 Å². The zero-order chi connectivity index (χ0) is 18.8. The maximum absolute atomic E-state index is 5.70. The zero-order valence-corrected chi connectivity index (χ0v) is 15.4. The van der Waals surface area contributed by atoms with Crippen molar-refractivity contribution in [1.29, 1.82) is 0 Å². The van der Waals surface area contributed by atoms with Crippen LogP contribution in [0.2, 0.25) is 0 Å². The van der Waals surface area contributed by atoms with Gasteiger partial charge < -0.3 is 9.64 Å². The number of hydrogen-bond acceptors (Lipinski definition) is 6. The molecule has 0 unspecified atom stereocenters. The SMILES string of the molecule is Cc1cnc(Oc2ccc(N(C)c3nc(C)nc4ccccc34)cc2)nc1. The number of ether oxygens (including phenoxy) is 1. The molecule has 0 atom stereocenters. The second-order valence-electron chi connectivity index (χ2n) is 6.31. The highest BCUT2D eigenvalue weighted by Crippen LogP contribution is 2.30. The number of para-hydroxylation sites is 1. The predicted octanol–water partition coefficient (Wildman–Crippen LogP) is 4.60. The van der Waals surface area contributed by atoms with Crippen molar-refractivity contribution in [1.82, 2.24) is 19.9 Å². The molecule has 0 N–H and O–H groups in total. The smallest absolute Gasteiger partial charge is 0.321 e. The number of rotatable bonds is 4. The molecule has 134 valence electrons. The Labute approximate surface area is 157 Å². The Hall–Kier alpha value is -3.54. The van der Waals surface area contributed by atoms with E-state index in [4.69, 9.17) is 4.74 Å². The monoisotopic (exact) mass is 357 g/mol. The lowest BCUT2D eigenvalue weighted by molar-refractivity contribution is 0.441. The molecule has 27 heavy (non-hydrogen) atoms. The van der Waals surface area contributed by atoms with E-state index in [0.29, 0.717) is 11.8 Å². The van der Waals surface area contributed by atoms with Gasteiger partial charge in [0.2, 0.25) is 0 Å². The minimum absolute atomic E-state index is 0.333. The Morgan fingerprint density at radius 2 is 1.56 bits per heavy atom. The van der Waals surface area contributed by atoms with Gasteiger partial charge in [0.05, 0.1) is 5.52 Å². The molecule has 4 rings (SSSR count). The number of fused-ring (bicyclic) bond motifs is 1. The normalized spacial score (nSPS) is 10.8. The minimum atomic E-state index is 0.333. The molecule has 6 heteroatoms. The molecule has 0 aliphatic carbocycles. The van der Waals surface area contributed by atoms with E-state index >= 15 is 0 Å². The number of anilines is 2. The minimum Gasteiger partial charge on any atom is -0.424 e. The highest BCUT2D eigenvalue weighted by molar-refractivity contribution is 5.91. The Balaban J connectivity index is 1.61. The standard InChI is InChI=1S/C21H19N5O/c1-14-12-22-21(23-13-14)27-17-10-8-16(9-11-17)26(3)20-18-6-4-5-7-19(18)24-15(2)25-20/h4-13H,1-3H3. The second-order valence-corrected chi connectivity index (χ2v) is 6.31. The topological polar surface area (TPSA) is 64.0 Å². The molecular weight excluding hydrogens is 338 g/mol. The maximum Gasteiger partial charge on any atom is 0.321 e. The molecule has 2 heterocycles. The first kappa shape index (κ1) is 16.9. The van der Waals surface area contributed by atoms with Gasteiger partial charge in [-0.2, -0.15) is 0 Å². The van der Waals surface area contributed by atoms with Gasteiger partial charge >= 0.3 is 6.01 Å². The molecule has 2 aromatic heterocycles. The Bertz CT molecular complexity index is 1080. The van der Waals surface area contributed by atoms with Gasteiger partial charge in [0.1, 0.15) is 17.4 Å². The molecule has 4 aromatic rings. The Morgan fingerprint density at radius 3 is 2.30 bits per heavy atom.